The Bertz CT molecular complexity index is 4440. The van der Waals surface area contributed by atoms with Crippen LogP contribution in [0.2, 0.25) is 0 Å². The molecule has 262 valence electrons. The molecule has 0 saturated heterocycles. The van der Waals surface area contributed by atoms with Crippen LogP contribution in [0.4, 0.5) is 0 Å². The summed E-state index contributed by atoms with van der Waals surface area (Å²) in [5.74, 6) is 0. The van der Waals surface area contributed by atoms with Crippen LogP contribution in [0.3, 0.4) is 0 Å². The molecule has 0 saturated carbocycles. The smallest absolute Gasteiger partial charge is 0.214 e. The van der Waals surface area contributed by atoms with E-state index in [1.54, 1.807) is 0 Å². The molecule has 4 nitrogen and oxygen atoms in total. The molecule has 17 rings (SSSR count). The summed E-state index contributed by atoms with van der Waals surface area (Å²) in [5.41, 5.74) is 19.8. The van der Waals surface area contributed by atoms with Gasteiger partial charge in [0.2, 0.25) is 17.4 Å². The highest BCUT2D eigenvalue weighted by Crippen LogP contribution is 2.53. The maximum absolute atomic E-state index is 2.59. The lowest BCUT2D eigenvalue weighted by atomic mass is 9.91. The van der Waals surface area contributed by atoms with Gasteiger partial charge in [-0.25, -0.2) is 0 Å². The van der Waals surface area contributed by atoms with Crippen molar-refractivity contribution in [2.75, 3.05) is 0 Å². The molecular formula is C54H27N4+. The Morgan fingerprint density at radius 1 is 0.328 bits per heavy atom. The zero-order chi connectivity index (χ0) is 36.9. The zero-order valence-electron chi connectivity index (χ0n) is 30.9. The van der Waals surface area contributed by atoms with Gasteiger partial charge in [-0.2, -0.15) is 4.57 Å². The van der Waals surface area contributed by atoms with Crippen molar-refractivity contribution in [3.8, 4) is 22.5 Å². The highest BCUT2D eigenvalue weighted by atomic mass is 15.1. The third-order valence-electron chi connectivity index (χ3n) is 14.7. The number of hydrogen-bond donors (Lipinski definition) is 0. The largest absolute Gasteiger partial charge is 0.308 e. The van der Waals surface area contributed by atoms with E-state index in [9.17, 15) is 0 Å². The van der Waals surface area contributed by atoms with Crippen LogP contribution in [0.25, 0.3) is 137 Å². The third kappa shape index (κ3) is 2.69. The van der Waals surface area contributed by atoms with Gasteiger partial charge >= 0.3 is 0 Å². The second-order valence-electron chi connectivity index (χ2n) is 16.9. The number of benzene rings is 8. The number of para-hydroxylation sites is 4. The van der Waals surface area contributed by atoms with Crippen molar-refractivity contribution in [1.82, 2.24) is 13.2 Å². The lowest BCUT2D eigenvalue weighted by molar-refractivity contribution is -0.672. The van der Waals surface area contributed by atoms with Crippen LogP contribution in [0.1, 0.15) is 17.2 Å². The molecule has 9 heterocycles. The van der Waals surface area contributed by atoms with Gasteiger partial charge in [0.25, 0.3) is 0 Å². The summed E-state index contributed by atoms with van der Waals surface area (Å²) >= 11 is 0. The van der Waals surface area contributed by atoms with E-state index in [1.807, 2.05) is 0 Å². The Morgan fingerprint density at radius 2 is 0.862 bits per heavy atom. The van der Waals surface area contributed by atoms with E-state index in [2.05, 4.69) is 175 Å². The maximum Gasteiger partial charge on any atom is 0.214 e. The van der Waals surface area contributed by atoms with Crippen LogP contribution in [0.15, 0.2) is 158 Å². The number of nitrogens with zero attached hydrogens (tertiary/aromatic N) is 4. The van der Waals surface area contributed by atoms with Crippen molar-refractivity contribution in [1.29, 1.82) is 0 Å². The second kappa shape index (κ2) is 8.81. The van der Waals surface area contributed by atoms with E-state index in [0.29, 0.717) is 0 Å². The van der Waals surface area contributed by atoms with E-state index in [-0.39, 0.29) is 6.04 Å². The molecule has 0 N–H and O–H groups in total. The van der Waals surface area contributed by atoms with Crippen LogP contribution in [-0.4, -0.2) is 13.2 Å². The van der Waals surface area contributed by atoms with E-state index in [4.69, 9.17) is 0 Å². The molecule has 0 bridgehead atoms. The van der Waals surface area contributed by atoms with Crippen molar-refractivity contribution in [3.63, 3.8) is 0 Å². The van der Waals surface area contributed by atoms with E-state index < -0.39 is 0 Å². The quantitative estimate of drug-likeness (QED) is 0.138. The lowest BCUT2D eigenvalue weighted by Crippen LogP contribution is -2.36. The van der Waals surface area contributed by atoms with Crippen LogP contribution in [-0.2, 0) is 0 Å². The van der Waals surface area contributed by atoms with Gasteiger partial charge in [0.1, 0.15) is 0 Å². The molecule has 2 aliphatic heterocycles. The Morgan fingerprint density at radius 3 is 1.64 bits per heavy atom. The SMILES string of the molecule is c1ccc2c(c1)-c1cccc3[n+]1C2c1c-3ccc2c1c1cccc3c4cc5c(cc4n2c31)c1cccc2c3c(ccc4c6cccc7c8ccccc8n(c76)c43)n5c12. The number of rotatable bonds is 0. The van der Waals surface area contributed by atoms with Crippen molar-refractivity contribution >= 4 is 114 Å². The molecule has 1 atom stereocenters. The lowest BCUT2D eigenvalue weighted by Gasteiger charge is -2.08. The summed E-state index contributed by atoms with van der Waals surface area (Å²) in [6.07, 6.45) is 0. The van der Waals surface area contributed by atoms with Gasteiger partial charge < -0.3 is 13.2 Å². The van der Waals surface area contributed by atoms with E-state index in [0.717, 1.165) is 0 Å². The Balaban J connectivity index is 1.02. The Kier molecular flexibility index (Phi) is 4.22. The molecule has 0 aliphatic carbocycles. The molecule has 0 radical (unpaired) electrons. The summed E-state index contributed by atoms with van der Waals surface area (Å²) < 4.78 is 10.3. The van der Waals surface area contributed by atoms with E-state index >= 15 is 0 Å². The highest BCUT2D eigenvalue weighted by molar-refractivity contribution is 6.35. The third-order valence-corrected chi connectivity index (χ3v) is 14.7. The number of aromatic nitrogens is 4. The van der Waals surface area contributed by atoms with Gasteiger partial charge in [0.15, 0.2) is 0 Å². The van der Waals surface area contributed by atoms with Crippen molar-refractivity contribution in [2.45, 2.75) is 6.04 Å². The fourth-order valence-corrected chi connectivity index (χ4v) is 12.7. The summed E-state index contributed by atoms with van der Waals surface area (Å²) in [4.78, 5) is 0. The minimum Gasteiger partial charge on any atom is -0.308 e. The molecule has 7 aromatic heterocycles. The molecule has 58 heavy (non-hydrogen) atoms. The zero-order valence-corrected chi connectivity index (χ0v) is 30.9. The number of fused-ring (bicyclic) bond motifs is 26. The maximum atomic E-state index is 2.59. The predicted octanol–water partition coefficient (Wildman–Crippen LogP) is 13.0. The molecule has 0 spiro atoms. The molecule has 0 fully saturated rings. The van der Waals surface area contributed by atoms with Crippen LogP contribution in [0.5, 0.6) is 0 Å². The number of hydrogen-bond acceptors (Lipinski definition) is 0. The molecular weight excluding hydrogens is 705 g/mol. The molecule has 0 amide bonds. The molecule has 1 unspecified atom stereocenters. The van der Waals surface area contributed by atoms with Crippen molar-refractivity contribution in [3.05, 3.63) is 169 Å². The average molecular weight is 732 g/mol. The summed E-state index contributed by atoms with van der Waals surface area (Å²) in [7, 11) is 0. The first kappa shape index (κ1) is 27.8. The summed E-state index contributed by atoms with van der Waals surface area (Å²) in [5, 5.41) is 15.9. The van der Waals surface area contributed by atoms with Gasteiger partial charge in [-0.1, -0.05) is 97.1 Å². The highest BCUT2D eigenvalue weighted by Gasteiger charge is 2.48. The van der Waals surface area contributed by atoms with Crippen LogP contribution >= 0.6 is 0 Å². The van der Waals surface area contributed by atoms with Gasteiger partial charge in [-0.3, -0.25) is 0 Å². The normalized spacial score (nSPS) is 15.1. The molecule has 15 aromatic rings. The van der Waals surface area contributed by atoms with Gasteiger partial charge in [0.05, 0.1) is 60.8 Å². The van der Waals surface area contributed by atoms with Gasteiger partial charge in [-0.05, 0) is 48.5 Å². The summed E-state index contributed by atoms with van der Waals surface area (Å²) in [6, 6.07) is 60.3. The average Bonchev–Trinajstić information content (AvgIpc) is 4.15. The first-order valence-electron chi connectivity index (χ1n) is 20.4. The first-order valence-corrected chi connectivity index (χ1v) is 20.4. The first-order chi connectivity index (χ1) is 28.8. The topological polar surface area (TPSA) is 17.1 Å². The van der Waals surface area contributed by atoms with Gasteiger partial charge in [-0.15, -0.1) is 0 Å². The van der Waals surface area contributed by atoms with Crippen molar-refractivity contribution < 1.29 is 4.57 Å². The summed E-state index contributed by atoms with van der Waals surface area (Å²) in [6.45, 7) is 0. The Hall–Kier alpha value is -7.69. The molecule has 2 aliphatic rings. The van der Waals surface area contributed by atoms with Crippen LogP contribution in [0, 0.1) is 0 Å². The molecule has 8 aromatic carbocycles. The minimum atomic E-state index is 0.175. The fourth-order valence-electron chi connectivity index (χ4n) is 12.7. The standard InChI is InChI=1S/C54H27N4/c1-2-11-30-28(9-1)40-19-8-20-42-35-22-24-43-47(49(35)54(30)55(40)42)36-16-6-14-32-38-26-46-39(25-45(38)56(43)51(32)36)33-15-7-17-37-48-44(57(46)52(33)37)23-21-34-31-13-5-12-29-27-10-3-4-18-41(27)58(50(29)31)53(34)48/h1-26,54H/q+1. The van der Waals surface area contributed by atoms with Crippen molar-refractivity contribution in [2.24, 2.45) is 0 Å². The van der Waals surface area contributed by atoms with Crippen LogP contribution < -0.4 is 4.57 Å². The fraction of sp³-hybridized carbons (Fsp3) is 0.0185. The molecule has 4 heteroatoms. The number of pyridine rings is 1. The monoisotopic (exact) mass is 731 g/mol. The second-order valence-corrected chi connectivity index (χ2v) is 16.9. The predicted molar refractivity (Wildman–Crippen MR) is 239 cm³/mol. The van der Waals surface area contributed by atoms with Gasteiger partial charge in [0, 0.05) is 87.9 Å². The van der Waals surface area contributed by atoms with E-state index in [1.165, 1.54) is 148 Å². The minimum absolute atomic E-state index is 0.175. The Labute approximate surface area is 328 Å².